The Morgan fingerprint density at radius 1 is 1.42 bits per heavy atom. The highest BCUT2D eigenvalue weighted by Crippen LogP contribution is 2.34. The van der Waals surface area contributed by atoms with Crippen LogP contribution in [0.3, 0.4) is 0 Å². The molecule has 0 atom stereocenters. The van der Waals surface area contributed by atoms with Gasteiger partial charge in [0.2, 0.25) is 0 Å². The molecule has 3 aromatic rings. The number of benzene rings is 1. The normalized spacial score (nSPS) is 12.5. The van der Waals surface area contributed by atoms with Crippen LogP contribution in [-0.2, 0) is 11.2 Å². The molecule has 6 heteroatoms. The minimum atomic E-state index is -0.480. The average Bonchev–Trinajstić information content (AvgIpc) is 3.22. The number of carbonyl (C=O) groups is 1. The van der Waals surface area contributed by atoms with Gasteiger partial charge in [0.05, 0.1) is 36.7 Å². The third kappa shape index (κ3) is 2.10. The summed E-state index contributed by atoms with van der Waals surface area (Å²) in [7, 11) is 1.32. The molecule has 0 radical (unpaired) electrons. The van der Waals surface area contributed by atoms with Gasteiger partial charge < -0.3 is 14.0 Å². The largest absolute Gasteiger partial charge is 0.493 e. The van der Waals surface area contributed by atoms with E-state index in [0.29, 0.717) is 12.2 Å². The number of aromatic nitrogens is 2. The monoisotopic (exact) mass is 319 g/mol. The van der Waals surface area contributed by atoms with E-state index >= 15 is 0 Å². The predicted molar refractivity (Wildman–Crippen MR) is 86.3 cm³/mol. The molecule has 24 heavy (non-hydrogen) atoms. The van der Waals surface area contributed by atoms with Gasteiger partial charge in [0, 0.05) is 18.0 Å². The summed E-state index contributed by atoms with van der Waals surface area (Å²) in [5, 5.41) is 10.3. The van der Waals surface area contributed by atoms with Gasteiger partial charge in [-0.15, -0.1) is 0 Å². The molecule has 3 heterocycles. The third-order valence-electron chi connectivity index (χ3n) is 4.16. The van der Waals surface area contributed by atoms with E-state index in [-0.39, 0.29) is 5.69 Å². The minimum absolute atomic E-state index is 0.243. The zero-order valence-electron chi connectivity index (χ0n) is 12.9. The van der Waals surface area contributed by atoms with Crippen molar-refractivity contribution in [2.24, 2.45) is 0 Å². The maximum Gasteiger partial charge on any atom is 0.356 e. The van der Waals surface area contributed by atoms with E-state index in [1.807, 2.05) is 16.7 Å². The van der Waals surface area contributed by atoms with Crippen molar-refractivity contribution < 1.29 is 14.3 Å². The molecular formula is C18H13N3O3. The maximum atomic E-state index is 11.5. The Kier molecular flexibility index (Phi) is 3.21. The quantitative estimate of drug-likeness (QED) is 0.679. The first kappa shape index (κ1) is 14.3. The molecule has 0 unspecified atom stereocenters. The van der Waals surface area contributed by atoms with Crippen LogP contribution in [0.5, 0.6) is 5.75 Å². The van der Waals surface area contributed by atoms with Crippen molar-refractivity contribution in [2.75, 3.05) is 13.7 Å². The van der Waals surface area contributed by atoms with Crippen LogP contribution >= 0.6 is 0 Å². The highest BCUT2D eigenvalue weighted by Gasteiger charge is 2.18. The fourth-order valence-electron chi connectivity index (χ4n) is 2.95. The second-order valence-electron chi connectivity index (χ2n) is 5.49. The van der Waals surface area contributed by atoms with Crippen LogP contribution in [0.25, 0.3) is 16.6 Å². The maximum absolute atomic E-state index is 11.5. The first-order valence-corrected chi connectivity index (χ1v) is 7.47. The van der Waals surface area contributed by atoms with Crippen molar-refractivity contribution in [2.45, 2.75) is 6.42 Å². The minimum Gasteiger partial charge on any atom is -0.493 e. The SMILES string of the molecule is COC(=O)c1ccc(-n2cc(C#N)c3cc4c(cc32)CCO4)cn1. The summed E-state index contributed by atoms with van der Waals surface area (Å²) in [6.45, 7) is 0.666. The van der Waals surface area contributed by atoms with Crippen molar-refractivity contribution in [3.05, 3.63) is 53.5 Å². The molecule has 4 rings (SSSR count). The number of pyridine rings is 1. The lowest BCUT2D eigenvalue weighted by molar-refractivity contribution is 0.0594. The number of rotatable bonds is 2. The van der Waals surface area contributed by atoms with Crippen LogP contribution < -0.4 is 4.74 Å². The number of esters is 1. The molecule has 0 fully saturated rings. The molecule has 1 aromatic carbocycles. The highest BCUT2D eigenvalue weighted by molar-refractivity contribution is 5.90. The van der Waals surface area contributed by atoms with Gasteiger partial charge in [-0.05, 0) is 29.8 Å². The number of methoxy groups -OCH3 is 1. The van der Waals surface area contributed by atoms with E-state index < -0.39 is 5.97 Å². The van der Waals surface area contributed by atoms with Crippen molar-refractivity contribution >= 4 is 16.9 Å². The Hall–Kier alpha value is -3.33. The molecule has 0 saturated carbocycles. The van der Waals surface area contributed by atoms with Crippen molar-refractivity contribution in [1.29, 1.82) is 5.26 Å². The molecule has 0 N–H and O–H groups in total. The molecule has 0 amide bonds. The van der Waals surface area contributed by atoms with Crippen LogP contribution in [0.2, 0.25) is 0 Å². The number of nitrogens with zero attached hydrogens (tertiary/aromatic N) is 3. The highest BCUT2D eigenvalue weighted by atomic mass is 16.5. The summed E-state index contributed by atoms with van der Waals surface area (Å²) in [5.41, 5.74) is 3.63. The number of hydrogen-bond donors (Lipinski definition) is 0. The predicted octanol–water partition coefficient (Wildman–Crippen LogP) is 2.62. The summed E-state index contributed by atoms with van der Waals surface area (Å²) in [5.74, 6) is 0.363. The molecule has 118 valence electrons. The van der Waals surface area contributed by atoms with E-state index in [9.17, 15) is 10.1 Å². The van der Waals surface area contributed by atoms with Crippen LogP contribution in [-0.4, -0.2) is 29.2 Å². The lowest BCUT2D eigenvalue weighted by Crippen LogP contribution is -2.04. The Labute approximate surface area is 137 Å². The Balaban J connectivity index is 1.87. The van der Waals surface area contributed by atoms with Crippen molar-refractivity contribution in [1.82, 2.24) is 9.55 Å². The summed E-state index contributed by atoms with van der Waals surface area (Å²) in [4.78, 5) is 15.6. The number of fused-ring (bicyclic) bond motifs is 2. The van der Waals surface area contributed by atoms with Crippen LogP contribution in [0, 0.1) is 11.3 Å². The Bertz CT molecular complexity index is 997. The molecule has 0 bridgehead atoms. The summed E-state index contributed by atoms with van der Waals surface area (Å²) < 4.78 is 12.2. The van der Waals surface area contributed by atoms with Gasteiger partial charge >= 0.3 is 5.97 Å². The van der Waals surface area contributed by atoms with Crippen LogP contribution in [0.1, 0.15) is 21.6 Å². The van der Waals surface area contributed by atoms with Crippen molar-refractivity contribution in [3.63, 3.8) is 0 Å². The second kappa shape index (κ2) is 5.39. The van der Waals surface area contributed by atoms with Gasteiger partial charge in [-0.2, -0.15) is 5.26 Å². The Morgan fingerprint density at radius 2 is 2.29 bits per heavy atom. The van der Waals surface area contributed by atoms with E-state index in [1.165, 1.54) is 7.11 Å². The van der Waals surface area contributed by atoms with Gasteiger partial charge in [-0.25, -0.2) is 9.78 Å². The molecular weight excluding hydrogens is 306 g/mol. The van der Waals surface area contributed by atoms with E-state index in [1.54, 1.807) is 24.5 Å². The van der Waals surface area contributed by atoms with Crippen molar-refractivity contribution in [3.8, 4) is 17.5 Å². The van der Waals surface area contributed by atoms with Gasteiger partial charge in [0.1, 0.15) is 17.5 Å². The molecule has 1 aliphatic heterocycles. The zero-order valence-corrected chi connectivity index (χ0v) is 12.9. The molecule has 0 saturated heterocycles. The first-order valence-electron chi connectivity index (χ1n) is 7.47. The standard InChI is InChI=1S/C18H13N3O3/c1-23-18(22)15-3-2-13(9-20-15)21-10-12(8-19)14-7-17-11(4-5-24-17)6-16(14)21/h2-3,6-7,9-10H,4-5H2,1H3. The zero-order chi connectivity index (χ0) is 16.7. The summed E-state index contributed by atoms with van der Waals surface area (Å²) in [6, 6.07) is 9.58. The van der Waals surface area contributed by atoms with Gasteiger partial charge in [0.15, 0.2) is 0 Å². The third-order valence-corrected chi connectivity index (χ3v) is 4.16. The number of carbonyl (C=O) groups excluding carboxylic acids is 1. The first-order chi connectivity index (χ1) is 11.7. The fraction of sp³-hybridized carbons (Fsp3) is 0.167. The van der Waals surface area contributed by atoms with Crippen LogP contribution in [0.4, 0.5) is 0 Å². The number of hydrogen-bond acceptors (Lipinski definition) is 5. The lowest BCUT2D eigenvalue weighted by Gasteiger charge is -2.07. The smallest absolute Gasteiger partial charge is 0.356 e. The van der Waals surface area contributed by atoms with E-state index in [0.717, 1.165) is 34.3 Å². The van der Waals surface area contributed by atoms with Gasteiger partial charge in [-0.1, -0.05) is 0 Å². The molecule has 6 nitrogen and oxygen atoms in total. The fourth-order valence-corrected chi connectivity index (χ4v) is 2.95. The topological polar surface area (TPSA) is 77.1 Å². The van der Waals surface area contributed by atoms with E-state index in [4.69, 9.17) is 4.74 Å². The number of nitriles is 1. The number of ether oxygens (including phenoxy) is 2. The van der Waals surface area contributed by atoms with E-state index in [2.05, 4.69) is 15.8 Å². The van der Waals surface area contributed by atoms with Gasteiger partial charge in [0.25, 0.3) is 0 Å². The molecule has 0 aliphatic carbocycles. The van der Waals surface area contributed by atoms with Gasteiger partial charge in [-0.3, -0.25) is 0 Å². The molecule has 0 spiro atoms. The molecule has 2 aromatic heterocycles. The average molecular weight is 319 g/mol. The second-order valence-corrected chi connectivity index (χ2v) is 5.49. The summed E-state index contributed by atoms with van der Waals surface area (Å²) in [6.07, 6.45) is 4.23. The summed E-state index contributed by atoms with van der Waals surface area (Å²) >= 11 is 0. The molecule has 1 aliphatic rings. The lowest BCUT2D eigenvalue weighted by atomic mass is 10.1. The Morgan fingerprint density at radius 3 is 3.00 bits per heavy atom. The van der Waals surface area contributed by atoms with Crippen LogP contribution in [0.15, 0.2) is 36.7 Å².